The van der Waals surface area contributed by atoms with Gasteiger partial charge in [0.05, 0.1) is 12.1 Å². The van der Waals surface area contributed by atoms with Crippen LogP contribution in [0.25, 0.3) is 10.7 Å². The number of aliphatic carboxylic acids is 1. The molecule has 2 aromatic rings. The summed E-state index contributed by atoms with van der Waals surface area (Å²) in [5, 5.41) is 11.4. The average Bonchev–Trinajstić information content (AvgIpc) is 3.05. The molecule has 0 aromatic carbocycles. The van der Waals surface area contributed by atoms with Gasteiger partial charge in [0.15, 0.2) is 0 Å². The van der Waals surface area contributed by atoms with E-state index in [0.29, 0.717) is 35.8 Å². The Balaban J connectivity index is 1.76. The Labute approximate surface area is 130 Å². The van der Waals surface area contributed by atoms with Gasteiger partial charge in [-0.2, -0.15) is 0 Å². The second-order valence-corrected chi connectivity index (χ2v) is 5.92. The van der Waals surface area contributed by atoms with E-state index in [0.717, 1.165) is 0 Å². The van der Waals surface area contributed by atoms with Crippen molar-refractivity contribution in [1.82, 2.24) is 19.9 Å². The van der Waals surface area contributed by atoms with E-state index in [1.165, 1.54) is 11.3 Å². The monoisotopic (exact) mass is 318 g/mol. The lowest BCUT2D eigenvalue weighted by molar-refractivity contribution is -0.143. The van der Waals surface area contributed by atoms with Gasteiger partial charge in [0.25, 0.3) is 5.91 Å². The highest BCUT2D eigenvalue weighted by Gasteiger charge is 2.29. The number of hydrogen-bond acceptors (Lipinski definition) is 6. The van der Waals surface area contributed by atoms with Crippen LogP contribution in [0.15, 0.2) is 24.0 Å². The maximum Gasteiger partial charge on any atom is 0.308 e. The fraction of sp³-hybridized carbons (Fsp3) is 0.357. The lowest BCUT2D eigenvalue weighted by Gasteiger charge is -2.30. The van der Waals surface area contributed by atoms with Crippen LogP contribution in [0.5, 0.6) is 0 Å². The largest absolute Gasteiger partial charge is 0.481 e. The van der Waals surface area contributed by atoms with E-state index in [1.54, 1.807) is 28.9 Å². The smallest absolute Gasteiger partial charge is 0.308 e. The molecule has 1 atom stereocenters. The minimum atomic E-state index is -0.851. The van der Waals surface area contributed by atoms with Crippen LogP contribution in [0.3, 0.4) is 0 Å². The maximum absolute atomic E-state index is 12.5. The Hall–Kier alpha value is -2.35. The first kappa shape index (κ1) is 14.6. The molecule has 3 rings (SSSR count). The highest BCUT2D eigenvalue weighted by Crippen LogP contribution is 2.23. The van der Waals surface area contributed by atoms with Gasteiger partial charge in [0.1, 0.15) is 16.4 Å². The van der Waals surface area contributed by atoms with Crippen molar-refractivity contribution in [2.75, 3.05) is 13.1 Å². The van der Waals surface area contributed by atoms with Crippen molar-refractivity contribution in [3.8, 4) is 10.7 Å². The third kappa shape index (κ3) is 2.96. The summed E-state index contributed by atoms with van der Waals surface area (Å²) in [6, 6.07) is 0. The summed E-state index contributed by atoms with van der Waals surface area (Å²) in [4.78, 5) is 37.5. The molecule has 7 nitrogen and oxygen atoms in total. The summed E-state index contributed by atoms with van der Waals surface area (Å²) < 4.78 is 0. The predicted octanol–water partition coefficient (Wildman–Crippen LogP) is 1.54. The zero-order valence-corrected chi connectivity index (χ0v) is 12.5. The van der Waals surface area contributed by atoms with Crippen molar-refractivity contribution in [1.29, 1.82) is 0 Å². The Morgan fingerprint density at radius 1 is 1.36 bits per heavy atom. The minimum Gasteiger partial charge on any atom is -0.481 e. The molecule has 0 spiro atoms. The number of nitrogens with zero attached hydrogens (tertiary/aromatic N) is 4. The molecule has 8 heteroatoms. The number of amides is 1. The van der Waals surface area contributed by atoms with Crippen LogP contribution in [0.2, 0.25) is 0 Å². The fourth-order valence-corrected chi connectivity index (χ4v) is 3.18. The van der Waals surface area contributed by atoms with E-state index in [4.69, 9.17) is 5.11 Å². The molecule has 2 aromatic heterocycles. The van der Waals surface area contributed by atoms with Gasteiger partial charge in [-0.15, -0.1) is 11.3 Å². The van der Waals surface area contributed by atoms with Crippen LogP contribution in [0.4, 0.5) is 0 Å². The number of hydrogen-bond donors (Lipinski definition) is 1. The number of carbonyl (C=O) groups is 2. The van der Waals surface area contributed by atoms with Gasteiger partial charge in [-0.25, -0.2) is 4.98 Å². The average molecular weight is 318 g/mol. The van der Waals surface area contributed by atoms with Gasteiger partial charge in [0, 0.05) is 30.9 Å². The van der Waals surface area contributed by atoms with Crippen LogP contribution in [-0.2, 0) is 4.79 Å². The van der Waals surface area contributed by atoms with E-state index < -0.39 is 11.9 Å². The summed E-state index contributed by atoms with van der Waals surface area (Å²) in [6.45, 7) is 0.812. The number of carboxylic acid groups (broad SMARTS) is 1. The lowest BCUT2D eigenvalue weighted by Crippen LogP contribution is -2.42. The molecule has 0 unspecified atom stereocenters. The van der Waals surface area contributed by atoms with Crippen LogP contribution in [0.1, 0.15) is 23.3 Å². The molecule has 1 N–H and O–H groups in total. The van der Waals surface area contributed by atoms with Crippen molar-refractivity contribution < 1.29 is 14.7 Å². The van der Waals surface area contributed by atoms with Crippen LogP contribution < -0.4 is 0 Å². The Morgan fingerprint density at radius 2 is 2.23 bits per heavy atom. The first-order valence-electron chi connectivity index (χ1n) is 6.89. The quantitative estimate of drug-likeness (QED) is 0.922. The molecule has 0 bridgehead atoms. The van der Waals surface area contributed by atoms with Gasteiger partial charge >= 0.3 is 5.97 Å². The molecule has 1 saturated heterocycles. The minimum absolute atomic E-state index is 0.225. The molecular weight excluding hydrogens is 304 g/mol. The zero-order chi connectivity index (χ0) is 15.5. The standard InChI is InChI=1S/C14H14N4O3S/c19-13(18-5-1-2-9(7-18)14(20)21)11-8-22-12(17-11)10-6-15-3-4-16-10/h3-4,6,8-9H,1-2,5,7H2,(H,20,21)/t9-/m0/s1. The third-order valence-corrected chi connectivity index (χ3v) is 4.43. The molecule has 1 fully saturated rings. The maximum atomic E-state index is 12.5. The van der Waals surface area contributed by atoms with Crippen molar-refractivity contribution in [3.05, 3.63) is 29.7 Å². The molecule has 0 radical (unpaired) electrons. The number of likely N-dealkylation sites (tertiary alicyclic amines) is 1. The summed E-state index contributed by atoms with van der Waals surface area (Å²) in [5.74, 6) is -1.57. The summed E-state index contributed by atoms with van der Waals surface area (Å²) in [6.07, 6.45) is 6.04. The Kier molecular flexibility index (Phi) is 4.10. The number of piperidine rings is 1. The molecule has 1 aliphatic heterocycles. The highest BCUT2D eigenvalue weighted by molar-refractivity contribution is 7.13. The molecule has 1 aliphatic rings. The van der Waals surface area contributed by atoms with Crippen molar-refractivity contribution in [2.24, 2.45) is 5.92 Å². The first-order valence-corrected chi connectivity index (χ1v) is 7.77. The number of thiazole rings is 1. The van der Waals surface area contributed by atoms with E-state index in [1.807, 2.05) is 0 Å². The number of carbonyl (C=O) groups excluding carboxylic acids is 1. The topological polar surface area (TPSA) is 96.3 Å². The van der Waals surface area contributed by atoms with Crippen molar-refractivity contribution in [3.63, 3.8) is 0 Å². The molecule has 22 heavy (non-hydrogen) atoms. The van der Waals surface area contributed by atoms with E-state index >= 15 is 0 Å². The van der Waals surface area contributed by atoms with Gasteiger partial charge in [-0.1, -0.05) is 0 Å². The van der Waals surface area contributed by atoms with Crippen LogP contribution >= 0.6 is 11.3 Å². The number of aromatic nitrogens is 3. The van der Waals surface area contributed by atoms with Gasteiger partial charge in [-0.3, -0.25) is 19.6 Å². The molecule has 0 saturated carbocycles. The fourth-order valence-electron chi connectivity index (χ4n) is 2.42. The summed E-state index contributed by atoms with van der Waals surface area (Å²) in [5.41, 5.74) is 0.949. The number of carboxylic acids is 1. The molecule has 114 valence electrons. The highest BCUT2D eigenvalue weighted by atomic mass is 32.1. The Bertz CT molecular complexity index is 688. The predicted molar refractivity (Wildman–Crippen MR) is 79.4 cm³/mol. The van der Waals surface area contributed by atoms with Crippen LogP contribution in [0, 0.1) is 5.92 Å². The molecule has 3 heterocycles. The summed E-state index contributed by atoms with van der Waals surface area (Å²) in [7, 11) is 0. The third-order valence-electron chi connectivity index (χ3n) is 3.56. The second-order valence-electron chi connectivity index (χ2n) is 5.06. The van der Waals surface area contributed by atoms with Gasteiger partial charge in [-0.05, 0) is 12.8 Å². The van der Waals surface area contributed by atoms with E-state index in [-0.39, 0.29) is 12.5 Å². The summed E-state index contributed by atoms with van der Waals surface area (Å²) >= 11 is 1.32. The number of rotatable bonds is 3. The lowest BCUT2D eigenvalue weighted by atomic mass is 9.98. The van der Waals surface area contributed by atoms with E-state index in [2.05, 4.69) is 15.0 Å². The van der Waals surface area contributed by atoms with Gasteiger partial charge in [0.2, 0.25) is 0 Å². The normalized spacial score (nSPS) is 18.2. The SMILES string of the molecule is O=C(O)[C@H]1CCCN(C(=O)c2csc(-c3cnccn3)n2)C1. The first-order chi connectivity index (χ1) is 10.6. The van der Waals surface area contributed by atoms with E-state index in [9.17, 15) is 9.59 Å². The molecule has 1 amide bonds. The zero-order valence-electron chi connectivity index (χ0n) is 11.7. The van der Waals surface area contributed by atoms with Crippen molar-refractivity contribution in [2.45, 2.75) is 12.8 Å². The van der Waals surface area contributed by atoms with Crippen LogP contribution in [-0.4, -0.2) is 49.9 Å². The molecular formula is C14H14N4O3S. The second kappa shape index (κ2) is 6.18. The van der Waals surface area contributed by atoms with Crippen molar-refractivity contribution >= 4 is 23.2 Å². The van der Waals surface area contributed by atoms with Gasteiger partial charge < -0.3 is 10.0 Å². The Morgan fingerprint density at radius 3 is 2.95 bits per heavy atom. The molecule has 0 aliphatic carbocycles.